The van der Waals surface area contributed by atoms with Crippen molar-refractivity contribution in [2.75, 3.05) is 32.7 Å². The number of nitrogens with one attached hydrogen (secondary N) is 1. The van der Waals surface area contributed by atoms with Crippen molar-refractivity contribution in [1.82, 2.24) is 15.1 Å². The van der Waals surface area contributed by atoms with Crippen LogP contribution in [-0.4, -0.2) is 54.5 Å². The highest BCUT2D eigenvalue weighted by Crippen LogP contribution is 2.12. The molecule has 0 unspecified atom stereocenters. The first-order chi connectivity index (χ1) is 11.7. The van der Waals surface area contributed by atoms with Gasteiger partial charge in [-0.3, -0.25) is 4.79 Å². The highest BCUT2D eigenvalue weighted by Gasteiger charge is 2.23. The molecule has 2 rings (SSSR count). The molecule has 1 saturated heterocycles. The Labute approximate surface area is 149 Å². The summed E-state index contributed by atoms with van der Waals surface area (Å²) in [6, 6.07) is 6.05. The molecule has 1 aromatic carbocycles. The second kappa shape index (κ2) is 8.32. The molecule has 5 nitrogen and oxygen atoms in total. The number of benzene rings is 1. The molecule has 1 aliphatic rings. The molecule has 1 aliphatic heterocycles. The molecular weight excluding hydrogens is 321 g/mol. The van der Waals surface area contributed by atoms with Crippen molar-refractivity contribution in [3.8, 4) is 0 Å². The van der Waals surface area contributed by atoms with Crippen LogP contribution in [0.1, 0.15) is 32.8 Å². The number of nitrogens with zero attached hydrogens (tertiary/aromatic N) is 2. The molecule has 0 bridgehead atoms. The standard InChI is InChI=1S/C19H28FN3O2/c1-19(2,3)14-21-18(25)23-9-5-8-22(10-11-23)17(24)13-15-6-4-7-16(20)12-15/h4,6-7,12H,5,8-11,13-14H2,1-3H3,(H,21,25). The Bertz CT molecular complexity index is 613. The molecular formula is C19H28FN3O2. The fraction of sp³-hybridized carbons (Fsp3) is 0.579. The summed E-state index contributed by atoms with van der Waals surface area (Å²) in [5.41, 5.74) is 0.711. The van der Waals surface area contributed by atoms with E-state index in [-0.39, 0.29) is 29.6 Å². The van der Waals surface area contributed by atoms with Crippen molar-refractivity contribution < 1.29 is 14.0 Å². The van der Waals surface area contributed by atoms with Gasteiger partial charge >= 0.3 is 6.03 Å². The van der Waals surface area contributed by atoms with Crippen molar-refractivity contribution >= 4 is 11.9 Å². The molecule has 1 aromatic rings. The third-order valence-electron chi connectivity index (χ3n) is 4.15. The van der Waals surface area contributed by atoms with Gasteiger partial charge < -0.3 is 15.1 Å². The minimum Gasteiger partial charge on any atom is -0.341 e. The highest BCUT2D eigenvalue weighted by molar-refractivity contribution is 5.79. The smallest absolute Gasteiger partial charge is 0.317 e. The van der Waals surface area contributed by atoms with Gasteiger partial charge in [0.1, 0.15) is 5.82 Å². The molecule has 138 valence electrons. The minimum atomic E-state index is -0.331. The van der Waals surface area contributed by atoms with E-state index < -0.39 is 0 Å². The maximum atomic E-state index is 13.2. The van der Waals surface area contributed by atoms with Crippen LogP contribution in [0.2, 0.25) is 0 Å². The molecule has 0 saturated carbocycles. The molecule has 1 N–H and O–H groups in total. The lowest BCUT2D eigenvalue weighted by atomic mass is 9.97. The summed E-state index contributed by atoms with van der Waals surface area (Å²) >= 11 is 0. The fourth-order valence-corrected chi connectivity index (χ4v) is 2.76. The van der Waals surface area contributed by atoms with Crippen molar-refractivity contribution in [3.05, 3.63) is 35.6 Å². The Morgan fingerprint density at radius 1 is 1.12 bits per heavy atom. The van der Waals surface area contributed by atoms with Gasteiger partial charge in [-0.2, -0.15) is 0 Å². The number of amides is 3. The van der Waals surface area contributed by atoms with Gasteiger partial charge in [0.2, 0.25) is 5.91 Å². The first-order valence-electron chi connectivity index (χ1n) is 8.79. The monoisotopic (exact) mass is 349 g/mol. The molecule has 1 heterocycles. The van der Waals surface area contributed by atoms with Crippen LogP contribution in [0.5, 0.6) is 0 Å². The second-order valence-corrected chi connectivity index (χ2v) is 7.75. The zero-order valence-electron chi connectivity index (χ0n) is 15.3. The molecule has 0 spiro atoms. The number of carbonyl (C=O) groups is 2. The topological polar surface area (TPSA) is 52.7 Å². The molecule has 0 aromatic heterocycles. The van der Waals surface area contributed by atoms with Crippen LogP contribution in [0, 0.1) is 11.2 Å². The third kappa shape index (κ3) is 6.36. The van der Waals surface area contributed by atoms with E-state index in [9.17, 15) is 14.0 Å². The molecule has 6 heteroatoms. The van der Waals surface area contributed by atoms with Crippen LogP contribution >= 0.6 is 0 Å². The summed E-state index contributed by atoms with van der Waals surface area (Å²) < 4.78 is 13.2. The summed E-state index contributed by atoms with van der Waals surface area (Å²) in [7, 11) is 0. The van der Waals surface area contributed by atoms with Crippen LogP contribution in [0.15, 0.2) is 24.3 Å². The van der Waals surface area contributed by atoms with Crippen molar-refractivity contribution in [2.45, 2.75) is 33.6 Å². The van der Waals surface area contributed by atoms with Crippen LogP contribution < -0.4 is 5.32 Å². The maximum absolute atomic E-state index is 13.2. The normalized spacial score (nSPS) is 15.7. The Kier molecular flexibility index (Phi) is 6.39. The van der Waals surface area contributed by atoms with Crippen molar-refractivity contribution in [2.24, 2.45) is 5.41 Å². The second-order valence-electron chi connectivity index (χ2n) is 7.75. The quantitative estimate of drug-likeness (QED) is 0.912. The summed E-state index contributed by atoms with van der Waals surface area (Å²) in [6.07, 6.45) is 0.936. The molecule has 1 fully saturated rings. The van der Waals surface area contributed by atoms with E-state index >= 15 is 0 Å². The summed E-state index contributed by atoms with van der Waals surface area (Å²) in [5.74, 6) is -0.356. The van der Waals surface area contributed by atoms with Gasteiger partial charge in [-0.05, 0) is 29.5 Å². The fourth-order valence-electron chi connectivity index (χ4n) is 2.76. The van der Waals surface area contributed by atoms with Gasteiger partial charge in [-0.25, -0.2) is 9.18 Å². The summed E-state index contributed by atoms with van der Waals surface area (Å²) in [4.78, 5) is 28.3. The summed E-state index contributed by atoms with van der Waals surface area (Å²) in [6.45, 7) is 9.12. The number of hydrogen-bond acceptors (Lipinski definition) is 2. The molecule has 3 amide bonds. The predicted molar refractivity (Wildman–Crippen MR) is 95.7 cm³/mol. The zero-order chi connectivity index (χ0) is 18.4. The molecule has 0 aliphatic carbocycles. The van der Waals surface area contributed by atoms with Gasteiger partial charge in [-0.1, -0.05) is 32.9 Å². The van der Waals surface area contributed by atoms with E-state index in [0.717, 1.165) is 6.42 Å². The van der Waals surface area contributed by atoms with Gasteiger partial charge in [0, 0.05) is 32.7 Å². The van der Waals surface area contributed by atoms with E-state index in [1.54, 1.807) is 21.9 Å². The SMILES string of the molecule is CC(C)(C)CNC(=O)N1CCCN(C(=O)Cc2cccc(F)c2)CC1. The highest BCUT2D eigenvalue weighted by atomic mass is 19.1. The van der Waals surface area contributed by atoms with E-state index in [4.69, 9.17) is 0 Å². The average molecular weight is 349 g/mol. The predicted octanol–water partition coefficient (Wildman–Crippen LogP) is 2.66. The van der Waals surface area contributed by atoms with Gasteiger partial charge in [0.05, 0.1) is 6.42 Å². The van der Waals surface area contributed by atoms with Crippen LogP contribution in [-0.2, 0) is 11.2 Å². The maximum Gasteiger partial charge on any atom is 0.317 e. The largest absolute Gasteiger partial charge is 0.341 e. The summed E-state index contributed by atoms with van der Waals surface area (Å²) in [5, 5.41) is 2.95. The molecule has 25 heavy (non-hydrogen) atoms. The molecule has 0 atom stereocenters. The van der Waals surface area contributed by atoms with Gasteiger partial charge in [-0.15, -0.1) is 0 Å². The Balaban J connectivity index is 1.86. The average Bonchev–Trinajstić information content (AvgIpc) is 2.78. The Hall–Kier alpha value is -2.11. The van der Waals surface area contributed by atoms with Crippen molar-refractivity contribution in [1.29, 1.82) is 0 Å². The van der Waals surface area contributed by atoms with Crippen LogP contribution in [0.4, 0.5) is 9.18 Å². The lowest BCUT2D eigenvalue weighted by Gasteiger charge is -2.25. The zero-order valence-corrected chi connectivity index (χ0v) is 15.3. The number of rotatable bonds is 3. The van der Waals surface area contributed by atoms with E-state index in [1.165, 1.54) is 12.1 Å². The van der Waals surface area contributed by atoms with E-state index in [2.05, 4.69) is 26.1 Å². The first kappa shape index (κ1) is 19.2. The number of carbonyl (C=O) groups excluding carboxylic acids is 2. The lowest BCUT2D eigenvalue weighted by molar-refractivity contribution is -0.130. The first-order valence-corrected chi connectivity index (χ1v) is 8.79. The number of urea groups is 1. The van der Waals surface area contributed by atoms with Crippen LogP contribution in [0.25, 0.3) is 0 Å². The van der Waals surface area contributed by atoms with Gasteiger partial charge in [0.15, 0.2) is 0 Å². The van der Waals surface area contributed by atoms with E-state index in [1.807, 2.05) is 0 Å². The lowest BCUT2D eigenvalue weighted by Crippen LogP contribution is -2.45. The van der Waals surface area contributed by atoms with E-state index in [0.29, 0.717) is 38.3 Å². The van der Waals surface area contributed by atoms with Crippen LogP contribution in [0.3, 0.4) is 0 Å². The Morgan fingerprint density at radius 2 is 1.80 bits per heavy atom. The number of hydrogen-bond donors (Lipinski definition) is 1. The Morgan fingerprint density at radius 3 is 2.48 bits per heavy atom. The van der Waals surface area contributed by atoms with Gasteiger partial charge in [0.25, 0.3) is 0 Å². The van der Waals surface area contributed by atoms with Crippen molar-refractivity contribution in [3.63, 3.8) is 0 Å². The minimum absolute atomic E-state index is 0.0254. The number of halogens is 1. The third-order valence-corrected chi connectivity index (χ3v) is 4.15. The molecule has 0 radical (unpaired) electrons.